The quantitative estimate of drug-likeness (QED) is 0.0263. The van der Waals surface area contributed by atoms with Gasteiger partial charge in [-0.1, -0.05) is 216 Å². The third kappa shape index (κ3) is 45.9. The molecule has 344 valence electrons. The molecule has 0 spiro atoms. The number of hydrogen-bond acceptors (Lipinski definition) is 6. The van der Waals surface area contributed by atoms with Crippen LogP contribution in [0.15, 0.2) is 72.9 Å². The van der Waals surface area contributed by atoms with Gasteiger partial charge in [0, 0.05) is 19.3 Å². The summed E-state index contributed by atoms with van der Waals surface area (Å²) in [6, 6.07) is 0. The van der Waals surface area contributed by atoms with Crippen LogP contribution in [-0.2, 0) is 28.6 Å². The highest BCUT2D eigenvalue weighted by Crippen LogP contribution is 2.14. The largest absolute Gasteiger partial charge is 0.462 e. The summed E-state index contributed by atoms with van der Waals surface area (Å²) in [5.74, 6) is -0.905. The summed E-state index contributed by atoms with van der Waals surface area (Å²) in [6.45, 7) is 6.44. The van der Waals surface area contributed by atoms with Crippen LogP contribution in [-0.4, -0.2) is 37.2 Å². The molecule has 0 aliphatic heterocycles. The number of ether oxygens (including phenoxy) is 3. The van der Waals surface area contributed by atoms with Crippen LogP contribution in [0.2, 0.25) is 0 Å². The van der Waals surface area contributed by atoms with Crippen molar-refractivity contribution in [2.45, 2.75) is 239 Å². The molecule has 0 aromatic rings. The predicted molar refractivity (Wildman–Crippen MR) is 256 cm³/mol. The van der Waals surface area contributed by atoms with E-state index in [0.717, 1.165) is 103 Å². The number of unbranched alkanes of at least 4 members (excludes halogenated alkanes) is 21. The number of allylic oxidation sites excluding steroid dienone is 12. The molecule has 0 aromatic heterocycles. The van der Waals surface area contributed by atoms with Crippen LogP contribution in [0, 0.1) is 0 Å². The second kappa shape index (κ2) is 48.5. The molecule has 1 atom stereocenters. The van der Waals surface area contributed by atoms with Gasteiger partial charge in [-0.05, 0) is 70.6 Å². The molecule has 0 heterocycles. The minimum atomic E-state index is -0.774. The molecular weight excluding hydrogens is 745 g/mol. The number of carbonyl (C=O) groups is 3. The first-order chi connectivity index (χ1) is 29.5. The lowest BCUT2D eigenvalue weighted by Crippen LogP contribution is -2.30. The van der Waals surface area contributed by atoms with Crippen LogP contribution in [0.1, 0.15) is 233 Å². The summed E-state index contributed by atoms with van der Waals surface area (Å²) in [5, 5.41) is 0. The summed E-state index contributed by atoms with van der Waals surface area (Å²) in [7, 11) is 0. The van der Waals surface area contributed by atoms with Crippen molar-refractivity contribution < 1.29 is 28.6 Å². The second-order valence-corrected chi connectivity index (χ2v) is 16.4. The molecular formula is C54H92O6. The molecule has 0 radical (unpaired) electrons. The molecule has 6 heteroatoms. The molecule has 0 aromatic carbocycles. The highest BCUT2D eigenvalue weighted by molar-refractivity contribution is 5.71. The van der Waals surface area contributed by atoms with E-state index in [9.17, 15) is 14.4 Å². The van der Waals surface area contributed by atoms with Gasteiger partial charge in [0.15, 0.2) is 6.10 Å². The fourth-order valence-electron chi connectivity index (χ4n) is 6.74. The number of rotatable bonds is 44. The topological polar surface area (TPSA) is 78.9 Å². The summed E-state index contributed by atoms with van der Waals surface area (Å²) in [6.07, 6.45) is 60.5. The van der Waals surface area contributed by atoms with Gasteiger partial charge in [-0.2, -0.15) is 0 Å². The summed E-state index contributed by atoms with van der Waals surface area (Å²) in [5.41, 5.74) is 0. The molecule has 0 aliphatic rings. The van der Waals surface area contributed by atoms with Crippen LogP contribution in [0.25, 0.3) is 0 Å². The smallest absolute Gasteiger partial charge is 0.306 e. The summed E-state index contributed by atoms with van der Waals surface area (Å²) in [4.78, 5) is 37.6. The number of esters is 3. The molecule has 0 aliphatic carbocycles. The van der Waals surface area contributed by atoms with Crippen molar-refractivity contribution >= 4 is 17.9 Å². The fourth-order valence-corrected chi connectivity index (χ4v) is 6.74. The maximum atomic E-state index is 12.7. The van der Waals surface area contributed by atoms with Crippen molar-refractivity contribution in [2.75, 3.05) is 13.2 Å². The zero-order valence-corrected chi connectivity index (χ0v) is 39.2. The standard InChI is InChI=1S/C54H92O6/c1-4-7-10-13-16-18-20-21-22-23-24-25-26-27-28-29-30-31-32-33-35-36-38-41-44-47-53(56)59-50-51(49-58-52(55)46-43-40-15-12-9-6-3)60-54(57)48-45-42-39-37-34-19-17-14-11-8-5-2/h7,10,16,18,21-22,24-25,27-28,30-31,51H,4-6,8-9,11-15,17,19-20,23,26,29,32-50H2,1-3H3/b10-7-,18-16-,22-21-,25-24-,28-27-,31-30-. The SMILES string of the molecule is CC/C=C\C/C=C\C/C=C\C/C=C\C/C=C\C/C=C\CCCCCCCCC(=O)OCC(COC(=O)CCCCCCCC)OC(=O)CCCCCCCCCCCCC. The predicted octanol–water partition coefficient (Wildman–Crippen LogP) is 16.3. The molecule has 0 rings (SSSR count). The Balaban J connectivity index is 4.18. The van der Waals surface area contributed by atoms with Gasteiger partial charge in [0.1, 0.15) is 13.2 Å². The maximum absolute atomic E-state index is 12.7. The van der Waals surface area contributed by atoms with Crippen LogP contribution in [0.3, 0.4) is 0 Å². The van der Waals surface area contributed by atoms with E-state index < -0.39 is 6.10 Å². The summed E-state index contributed by atoms with van der Waals surface area (Å²) >= 11 is 0. The lowest BCUT2D eigenvalue weighted by atomic mass is 10.1. The molecule has 0 amide bonds. The highest BCUT2D eigenvalue weighted by Gasteiger charge is 2.19. The number of carbonyl (C=O) groups excluding carboxylic acids is 3. The molecule has 0 saturated carbocycles. The molecule has 1 unspecified atom stereocenters. The van der Waals surface area contributed by atoms with E-state index in [1.165, 1.54) is 89.9 Å². The Morgan fingerprint density at radius 3 is 1.02 bits per heavy atom. The first kappa shape index (κ1) is 56.9. The van der Waals surface area contributed by atoms with Crippen LogP contribution < -0.4 is 0 Å². The number of hydrogen-bond donors (Lipinski definition) is 0. The third-order valence-corrected chi connectivity index (χ3v) is 10.5. The van der Waals surface area contributed by atoms with Crippen LogP contribution >= 0.6 is 0 Å². The van der Waals surface area contributed by atoms with Crippen molar-refractivity contribution in [1.29, 1.82) is 0 Å². The van der Waals surface area contributed by atoms with Crippen molar-refractivity contribution in [3.63, 3.8) is 0 Å². The minimum Gasteiger partial charge on any atom is -0.462 e. The highest BCUT2D eigenvalue weighted by atomic mass is 16.6. The van der Waals surface area contributed by atoms with Gasteiger partial charge in [0.05, 0.1) is 0 Å². The monoisotopic (exact) mass is 837 g/mol. The maximum Gasteiger partial charge on any atom is 0.306 e. The zero-order valence-electron chi connectivity index (χ0n) is 39.2. The molecule has 0 saturated heterocycles. The Hall–Kier alpha value is -3.15. The Labute approximate surface area is 370 Å². The first-order valence-corrected chi connectivity index (χ1v) is 24.9. The van der Waals surface area contributed by atoms with Gasteiger partial charge in [0.2, 0.25) is 0 Å². The minimum absolute atomic E-state index is 0.0789. The molecule has 0 fully saturated rings. The van der Waals surface area contributed by atoms with Crippen molar-refractivity contribution in [2.24, 2.45) is 0 Å². The van der Waals surface area contributed by atoms with Gasteiger partial charge >= 0.3 is 17.9 Å². The van der Waals surface area contributed by atoms with E-state index >= 15 is 0 Å². The molecule has 0 bridgehead atoms. The lowest BCUT2D eigenvalue weighted by Gasteiger charge is -2.18. The van der Waals surface area contributed by atoms with E-state index in [2.05, 4.69) is 93.7 Å². The average Bonchev–Trinajstić information content (AvgIpc) is 3.24. The Bertz CT molecular complexity index is 1140. The van der Waals surface area contributed by atoms with Gasteiger partial charge in [-0.25, -0.2) is 0 Å². The Morgan fingerprint density at radius 2 is 0.650 bits per heavy atom. The lowest BCUT2D eigenvalue weighted by molar-refractivity contribution is -0.167. The molecule has 6 nitrogen and oxygen atoms in total. The summed E-state index contributed by atoms with van der Waals surface area (Å²) < 4.78 is 16.6. The third-order valence-electron chi connectivity index (χ3n) is 10.5. The van der Waals surface area contributed by atoms with E-state index in [-0.39, 0.29) is 31.1 Å². The van der Waals surface area contributed by atoms with Gasteiger partial charge < -0.3 is 14.2 Å². The normalized spacial score (nSPS) is 12.7. The average molecular weight is 837 g/mol. The van der Waals surface area contributed by atoms with Crippen LogP contribution in [0.4, 0.5) is 0 Å². The van der Waals surface area contributed by atoms with Crippen LogP contribution in [0.5, 0.6) is 0 Å². The zero-order chi connectivity index (χ0) is 43.7. The van der Waals surface area contributed by atoms with Crippen molar-refractivity contribution in [1.82, 2.24) is 0 Å². The van der Waals surface area contributed by atoms with Crippen molar-refractivity contribution in [3.8, 4) is 0 Å². The Morgan fingerprint density at radius 1 is 0.350 bits per heavy atom. The first-order valence-electron chi connectivity index (χ1n) is 24.9. The fraction of sp³-hybridized carbons (Fsp3) is 0.722. The van der Waals surface area contributed by atoms with E-state index in [1.54, 1.807) is 0 Å². The van der Waals surface area contributed by atoms with E-state index in [0.29, 0.717) is 19.3 Å². The van der Waals surface area contributed by atoms with E-state index in [4.69, 9.17) is 14.2 Å². The van der Waals surface area contributed by atoms with Gasteiger partial charge in [-0.3, -0.25) is 14.4 Å². The molecule has 60 heavy (non-hydrogen) atoms. The van der Waals surface area contributed by atoms with Gasteiger partial charge in [0.25, 0.3) is 0 Å². The van der Waals surface area contributed by atoms with Gasteiger partial charge in [-0.15, -0.1) is 0 Å². The Kier molecular flexibility index (Phi) is 46.0. The second-order valence-electron chi connectivity index (χ2n) is 16.4. The van der Waals surface area contributed by atoms with Crippen molar-refractivity contribution in [3.05, 3.63) is 72.9 Å². The molecule has 0 N–H and O–H groups in total. The van der Waals surface area contributed by atoms with E-state index in [1.807, 2.05) is 0 Å².